The normalized spacial score (nSPS) is 17.7. The van der Waals surface area contributed by atoms with Crippen molar-refractivity contribution in [1.82, 2.24) is 15.1 Å². The van der Waals surface area contributed by atoms with Gasteiger partial charge in [-0.2, -0.15) is 4.98 Å². The Labute approximate surface area is 118 Å². The van der Waals surface area contributed by atoms with E-state index in [1.54, 1.807) is 12.4 Å². The van der Waals surface area contributed by atoms with Gasteiger partial charge in [0.15, 0.2) is 0 Å². The SMILES string of the molecule is Cl.NC1(c2nc(-c3ccncc3)no2)CCCCC1. The average molecular weight is 281 g/mol. The third-order valence-electron chi connectivity index (χ3n) is 3.54. The standard InChI is InChI=1S/C13H16N4O.ClH/c14-13(6-2-1-3-7-13)12-16-11(17-18-12)10-4-8-15-9-5-10;/h4-5,8-9H,1-3,6-7,14H2;1H. The van der Waals surface area contributed by atoms with E-state index < -0.39 is 5.54 Å². The fraction of sp³-hybridized carbons (Fsp3) is 0.462. The van der Waals surface area contributed by atoms with E-state index in [1.807, 2.05) is 12.1 Å². The molecule has 0 aliphatic heterocycles. The van der Waals surface area contributed by atoms with Gasteiger partial charge in [0.25, 0.3) is 0 Å². The monoisotopic (exact) mass is 280 g/mol. The molecule has 0 spiro atoms. The molecule has 0 amide bonds. The minimum Gasteiger partial charge on any atom is -0.337 e. The third-order valence-corrected chi connectivity index (χ3v) is 3.54. The lowest BCUT2D eigenvalue weighted by Gasteiger charge is -2.29. The Hall–Kier alpha value is -1.46. The number of nitrogens with two attached hydrogens (primary N) is 1. The molecule has 1 fully saturated rings. The van der Waals surface area contributed by atoms with E-state index in [4.69, 9.17) is 10.3 Å². The minimum absolute atomic E-state index is 0. The molecular formula is C13H17ClN4O. The highest BCUT2D eigenvalue weighted by molar-refractivity contribution is 5.85. The molecule has 1 saturated carbocycles. The molecule has 2 aromatic rings. The molecule has 2 N–H and O–H groups in total. The van der Waals surface area contributed by atoms with Crippen LogP contribution < -0.4 is 5.73 Å². The van der Waals surface area contributed by atoms with Crippen LogP contribution in [0.15, 0.2) is 29.0 Å². The number of halogens is 1. The van der Waals surface area contributed by atoms with Crippen molar-refractivity contribution in [3.63, 3.8) is 0 Å². The van der Waals surface area contributed by atoms with Crippen molar-refractivity contribution in [2.75, 3.05) is 0 Å². The van der Waals surface area contributed by atoms with Crippen LogP contribution in [0.5, 0.6) is 0 Å². The molecule has 2 aromatic heterocycles. The summed E-state index contributed by atoms with van der Waals surface area (Å²) in [4.78, 5) is 8.42. The van der Waals surface area contributed by atoms with Crippen molar-refractivity contribution in [2.45, 2.75) is 37.6 Å². The Bertz CT molecular complexity index is 522. The van der Waals surface area contributed by atoms with Gasteiger partial charge in [-0.3, -0.25) is 4.98 Å². The fourth-order valence-corrected chi connectivity index (χ4v) is 2.44. The predicted octanol–water partition coefficient (Wildman–Crippen LogP) is 2.67. The maximum Gasteiger partial charge on any atom is 0.247 e. The number of aromatic nitrogens is 3. The lowest BCUT2D eigenvalue weighted by atomic mass is 9.82. The molecule has 0 unspecified atom stereocenters. The first-order chi connectivity index (χ1) is 8.78. The Morgan fingerprint density at radius 2 is 1.79 bits per heavy atom. The quantitative estimate of drug-likeness (QED) is 0.915. The van der Waals surface area contributed by atoms with E-state index in [-0.39, 0.29) is 12.4 Å². The Kier molecular flexibility index (Phi) is 4.17. The molecular weight excluding hydrogens is 264 g/mol. The molecule has 1 aliphatic carbocycles. The van der Waals surface area contributed by atoms with E-state index in [2.05, 4.69) is 15.1 Å². The van der Waals surface area contributed by atoms with Gasteiger partial charge in [0.2, 0.25) is 11.7 Å². The summed E-state index contributed by atoms with van der Waals surface area (Å²) in [5.41, 5.74) is 6.83. The van der Waals surface area contributed by atoms with Crippen LogP contribution in [0.3, 0.4) is 0 Å². The largest absolute Gasteiger partial charge is 0.337 e. The van der Waals surface area contributed by atoms with E-state index >= 15 is 0 Å². The topological polar surface area (TPSA) is 77.8 Å². The maximum absolute atomic E-state index is 6.36. The summed E-state index contributed by atoms with van der Waals surface area (Å²) in [6.45, 7) is 0. The molecule has 3 rings (SSSR count). The van der Waals surface area contributed by atoms with Gasteiger partial charge in [-0.05, 0) is 25.0 Å². The first kappa shape index (κ1) is 14.0. The lowest BCUT2D eigenvalue weighted by molar-refractivity contribution is 0.220. The Morgan fingerprint density at radius 3 is 2.47 bits per heavy atom. The molecule has 6 heteroatoms. The number of hydrogen-bond donors (Lipinski definition) is 1. The van der Waals surface area contributed by atoms with Gasteiger partial charge in [-0.25, -0.2) is 0 Å². The smallest absolute Gasteiger partial charge is 0.247 e. The van der Waals surface area contributed by atoms with Crippen LogP contribution in [-0.2, 0) is 5.54 Å². The highest BCUT2D eigenvalue weighted by Gasteiger charge is 2.35. The zero-order valence-electron chi connectivity index (χ0n) is 10.6. The van der Waals surface area contributed by atoms with Crippen molar-refractivity contribution in [1.29, 1.82) is 0 Å². The second kappa shape index (κ2) is 5.67. The summed E-state index contributed by atoms with van der Waals surface area (Å²) in [7, 11) is 0. The van der Waals surface area contributed by atoms with Gasteiger partial charge in [-0.15, -0.1) is 12.4 Å². The van der Waals surface area contributed by atoms with Crippen molar-refractivity contribution in [3.05, 3.63) is 30.4 Å². The van der Waals surface area contributed by atoms with E-state index in [1.165, 1.54) is 6.42 Å². The zero-order chi connectivity index (χ0) is 12.4. The molecule has 0 aromatic carbocycles. The summed E-state index contributed by atoms with van der Waals surface area (Å²) in [5.74, 6) is 1.15. The van der Waals surface area contributed by atoms with Gasteiger partial charge in [0.1, 0.15) is 0 Å². The van der Waals surface area contributed by atoms with Crippen LogP contribution in [0.25, 0.3) is 11.4 Å². The molecule has 2 heterocycles. The first-order valence-electron chi connectivity index (χ1n) is 6.31. The summed E-state index contributed by atoms with van der Waals surface area (Å²) in [6.07, 6.45) is 8.77. The Morgan fingerprint density at radius 1 is 1.11 bits per heavy atom. The second-order valence-corrected chi connectivity index (χ2v) is 4.88. The van der Waals surface area contributed by atoms with Crippen molar-refractivity contribution < 1.29 is 4.52 Å². The van der Waals surface area contributed by atoms with Crippen LogP contribution in [0.1, 0.15) is 38.0 Å². The van der Waals surface area contributed by atoms with Crippen molar-refractivity contribution >= 4 is 12.4 Å². The van der Waals surface area contributed by atoms with Gasteiger partial charge >= 0.3 is 0 Å². The summed E-state index contributed by atoms with van der Waals surface area (Å²) < 4.78 is 5.36. The van der Waals surface area contributed by atoms with Gasteiger partial charge in [-0.1, -0.05) is 24.4 Å². The number of rotatable bonds is 2. The molecule has 0 radical (unpaired) electrons. The molecule has 0 atom stereocenters. The molecule has 0 bridgehead atoms. The van der Waals surface area contributed by atoms with Crippen LogP contribution >= 0.6 is 12.4 Å². The van der Waals surface area contributed by atoms with E-state index in [0.717, 1.165) is 31.2 Å². The summed E-state index contributed by atoms with van der Waals surface area (Å²) in [5, 5.41) is 4.01. The molecule has 102 valence electrons. The molecule has 5 nitrogen and oxygen atoms in total. The van der Waals surface area contributed by atoms with Crippen molar-refractivity contribution in [2.24, 2.45) is 5.73 Å². The van der Waals surface area contributed by atoms with Crippen LogP contribution in [0.2, 0.25) is 0 Å². The van der Waals surface area contributed by atoms with Gasteiger partial charge in [0.05, 0.1) is 5.54 Å². The first-order valence-corrected chi connectivity index (χ1v) is 6.31. The predicted molar refractivity (Wildman–Crippen MR) is 73.7 cm³/mol. The maximum atomic E-state index is 6.36. The third kappa shape index (κ3) is 2.77. The molecule has 1 aliphatic rings. The summed E-state index contributed by atoms with van der Waals surface area (Å²) >= 11 is 0. The van der Waals surface area contributed by atoms with E-state index in [9.17, 15) is 0 Å². The van der Waals surface area contributed by atoms with Crippen LogP contribution in [0.4, 0.5) is 0 Å². The second-order valence-electron chi connectivity index (χ2n) is 4.88. The highest BCUT2D eigenvalue weighted by Crippen LogP contribution is 2.34. The van der Waals surface area contributed by atoms with Crippen molar-refractivity contribution in [3.8, 4) is 11.4 Å². The highest BCUT2D eigenvalue weighted by atomic mass is 35.5. The minimum atomic E-state index is -0.434. The number of nitrogens with zero attached hydrogens (tertiary/aromatic N) is 3. The van der Waals surface area contributed by atoms with Gasteiger partial charge in [0, 0.05) is 18.0 Å². The molecule has 0 saturated heterocycles. The Balaban J connectivity index is 0.00000133. The van der Waals surface area contributed by atoms with Gasteiger partial charge < -0.3 is 10.3 Å². The van der Waals surface area contributed by atoms with Crippen LogP contribution in [0, 0.1) is 0 Å². The zero-order valence-corrected chi connectivity index (χ0v) is 11.4. The van der Waals surface area contributed by atoms with E-state index in [0.29, 0.717) is 11.7 Å². The number of hydrogen-bond acceptors (Lipinski definition) is 5. The average Bonchev–Trinajstić information content (AvgIpc) is 2.91. The summed E-state index contributed by atoms with van der Waals surface area (Å²) in [6, 6.07) is 3.72. The molecule has 19 heavy (non-hydrogen) atoms. The fourth-order valence-electron chi connectivity index (χ4n) is 2.44. The number of pyridine rings is 1. The van der Waals surface area contributed by atoms with Crippen LogP contribution in [-0.4, -0.2) is 15.1 Å². The lowest BCUT2D eigenvalue weighted by Crippen LogP contribution is -2.38.